The van der Waals surface area contributed by atoms with Crippen LogP contribution in [0.3, 0.4) is 0 Å². The second-order valence-corrected chi connectivity index (χ2v) is 9.68. The molecule has 0 fully saturated rings. The van der Waals surface area contributed by atoms with Gasteiger partial charge in [0.1, 0.15) is 0 Å². The highest BCUT2D eigenvalue weighted by Crippen LogP contribution is 2.23. The summed E-state index contributed by atoms with van der Waals surface area (Å²) in [6, 6.07) is 0. The summed E-state index contributed by atoms with van der Waals surface area (Å²) in [6.45, 7) is 6.86. The number of thioether (sulfide) groups is 3. The Labute approximate surface area is 159 Å². The molecule has 0 spiro atoms. The zero-order valence-electron chi connectivity index (χ0n) is 15.9. The molecule has 0 bridgehead atoms. The van der Waals surface area contributed by atoms with Crippen LogP contribution >= 0.6 is 35.3 Å². The van der Waals surface area contributed by atoms with Gasteiger partial charge in [0.25, 0.3) is 0 Å². The van der Waals surface area contributed by atoms with Gasteiger partial charge < -0.3 is 0 Å². The van der Waals surface area contributed by atoms with Crippen LogP contribution in [-0.2, 0) is 0 Å². The monoisotopic (exact) mass is 376 g/mol. The first-order valence-electron chi connectivity index (χ1n) is 9.81. The van der Waals surface area contributed by atoms with Crippen LogP contribution in [0.15, 0.2) is 11.5 Å². The summed E-state index contributed by atoms with van der Waals surface area (Å²) >= 11 is 6.44. The summed E-state index contributed by atoms with van der Waals surface area (Å²) in [5.41, 5.74) is 0. The van der Waals surface area contributed by atoms with Crippen LogP contribution in [0.5, 0.6) is 0 Å². The Morgan fingerprint density at radius 1 is 0.739 bits per heavy atom. The lowest BCUT2D eigenvalue weighted by molar-refractivity contribution is 0.729. The van der Waals surface area contributed by atoms with E-state index in [-0.39, 0.29) is 0 Å². The maximum absolute atomic E-state index is 2.38. The van der Waals surface area contributed by atoms with Crippen molar-refractivity contribution < 1.29 is 0 Å². The normalized spacial score (nSPS) is 13.0. The quantitative estimate of drug-likeness (QED) is 0.222. The standard InChI is InChI=1S/C20H40S3/c1-4-7-10-11-14-16-22-19-20(23-17-13-9-6-3)18-21-15-12-8-5-2/h14,16,20H,4-13,15,17-19H2,1-3H3. The van der Waals surface area contributed by atoms with E-state index in [9.17, 15) is 0 Å². The van der Waals surface area contributed by atoms with E-state index in [1.807, 2.05) is 11.8 Å². The fourth-order valence-corrected chi connectivity index (χ4v) is 6.05. The SMILES string of the molecule is CCCCCC=CSCC(CSCCCCC)SCCCCC. The second-order valence-electron chi connectivity index (χ2n) is 6.18. The highest BCUT2D eigenvalue weighted by atomic mass is 32.2. The fraction of sp³-hybridized carbons (Fsp3) is 0.900. The summed E-state index contributed by atoms with van der Waals surface area (Å²) in [7, 11) is 0. The fourth-order valence-electron chi connectivity index (χ4n) is 2.23. The van der Waals surface area contributed by atoms with Crippen molar-refractivity contribution in [2.45, 2.75) is 90.2 Å². The topological polar surface area (TPSA) is 0 Å². The first-order chi connectivity index (χ1) is 11.3. The molecule has 0 aromatic rings. The molecular weight excluding hydrogens is 336 g/mol. The summed E-state index contributed by atoms with van der Waals surface area (Å²) in [5, 5.41) is 3.19. The van der Waals surface area contributed by atoms with Gasteiger partial charge in [-0.2, -0.15) is 23.5 Å². The minimum absolute atomic E-state index is 0.837. The van der Waals surface area contributed by atoms with Gasteiger partial charge in [-0.1, -0.05) is 65.4 Å². The zero-order chi connectivity index (χ0) is 17.0. The van der Waals surface area contributed by atoms with Crippen molar-refractivity contribution in [3.8, 4) is 0 Å². The molecule has 1 atom stereocenters. The maximum Gasteiger partial charge on any atom is 0.0232 e. The largest absolute Gasteiger partial charge is 0.161 e. The molecule has 0 radical (unpaired) electrons. The summed E-state index contributed by atoms with van der Waals surface area (Å²) in [4.78, 5) is 0. The van der Waals surface area contributed by atoms with Gasteiger partial charge in [0, 0.05) is 16.8 Å². The Morgan fingerprint density at radius 3 is 2.09 bits per heavy atom. The average molecular weight is 377 g/mol. The van der Waals surface area contributed by atoms with Gasteiger partial charge in [-0.25, -0.2) is 0 Å². The summed E-state index contributed by atoms with van der Waals surface area (Å²) in [6.07, 6.45) is 16.0. The predicted octanol–water partition coefficient (Wildman–Crippen LogP) is 8.03. The minimum Gasteiger partial charge on any atom is -0.161 e. The first kappa shape index (κ1) is 23.8. The highest BCUT2D eigenvalue weighted by molar-refractivity contribution is 8.06. The number of rotatable bonds is 18. The van der Waals surface area contributed by atoms with E-state index >= 15 is 0 Å². The van der Waals surface area contributed by atoms with Crippen molar-refractivity contribution in [2.24, 2.45) is 0 Å². The highest BCUT2D eigenvalue weighted by Gasteiger charge is 2.09. The molecule has 138 valence electrons. The summed E-state index contributed by atoms with van der Waals surface area (Å²) < 4.78 is 0. The number of hydrogen-bond acceptors (Lipinski definition) is 3. The Bertz CT molecular complexity index is 241. The molecule has 0 rings (SSSR count). The molecule has 3 heteroatoms. The van der Waals surface area contributed by atoms with Crippen LogP contribution in [0.2, 0.25) is 0 Å². The third-order valence-electron chi connectivity index (χ3n) is 3.75. The number of unbranched alkanes of at least 4 members (excludes halogenated alkanes) is 7. The van der Waals surface area contributed by atoms with Gasteiger partial charge in [0.15, 0.2) is 0 Å². The lowest BCUT2D eigenvalue weighted by Gasteiger charge is -2.15. The molecule has 0 aliphatic heterocycles. The molecule has 0 N–H and O–H groups in total. The third kappa shape index (κ3) is 19.0. The van der Waals surface area contributed by atoms with Gasteiger partial charge in [0.05, 0.1) is 0 Å². The number of allylic oxidation sites excluding steroid dienone is 1. The van der Waals surface area contributed by atoms with E-state index in [0.717, 1.165) is 5.25 Å². The van der Waals surface area contributed by atoms with Crippen molar-refractivity contribution in [3.63, 3.8) is 0 Å². The lowest BCUT2D eigenvalue weighted by Crippen LogP contribution is -2.11. The van der Waals surface area contributed by atoms with Crippen LogP contribution < -0.4 is 0 Å². The van der Waals surface area contributed by atoms with Crippen LogP contribution in [0, 0.1) is 0 Å². The molecule has 0 saturated carbocycles. The molecular formula is C20H40S3. The van der Waals surface area contributed by atoms with Gasteiger partial charge in [-0.05, 0) is 42.6 Å². The Kier molecular flexibility index (Phi) is 21.5. The third-order valence-corrected chi connectivity index (χ3v) is 7.69. The van der Waals surface area contributed by atoms with E-state index in [4.69, 9.17) is 0 Å². The van der Waals surface area contributed by atoms with E-state index in [0.29, 0.717) is 0 Å². The maximum atomic E-state index is 2.38. The van der Waals surface area contributed by atoms with Crippen LogP contribution in [0.25, 0.3) is 0 Å². The van der Waals surface area contributed by atoms with Gasteiger partial charge in [-0.3, -0.25) is 0 Å². The molecule has 0 amide bonds. The molecule has 1 unspecified atom stereocenters. The number of hydrogen-bond donors (Lipinski definition) is 0. The Hall–Kier alpha value is 0.790. The molecule has 0 nitrogen and oxygen atoms in total. The second kappa shape index (κ2) is 20.8. The van der Waals surface area contributed by atoms with Crippen molar-refractivity contribution in [3.05, 3.63) is 11.5 Å². The van der Waals surface area contributed by atoms with E-state index in [2.05, 4.69) is 55.8 Å². The van der Waals surface area contributed by atoms with Crippen LogP contribution in [-0.4, -0.2) is 28.3 Å². The van der Waals surface area contributed by atoms with Crippen molar-refractivity contribution in [1.29, 1.82) is 0 Å². The Balaban J connectivity index is 3.81. The zero-order valence-corrected chi connectivity index (χ0v) is 18.3. The van der Waals surface area contributed by atoms with E-state index in [1.165, 1.54) is 87.2 Å². The molecule has 0 aromatic carbocycles. The molecule has 0 aromatic heterocycles. The molecule has 0 aliphatic carbocycles. The molecule has 0 aliphatic rings. The van der Waals surface area contributed by atoms with Crippen molar-refractivity contribution in [2.75, 3.05) is 23.0 Å². The van der Waals surface area contributed by atoms with Gasteiger partial charge in [0.2, 0.25) is 0 Å². The summed E-state index contributed by atoms with van der Waals surface area (Å²) in [5.74, 6) is 5.35. The van der Waals surface area contributed by atoms with E-state index < -0.39 is 0 Å². The van der Waals surface area contributed by atoms with Gasteiger partial charge >= 0.3 is 0 Å². The average Bonchev–Trinajstić information content (AvgIpc) is 2.57. The molecule has 23 heavy (non-hydrogen) atoms. The molecule has 0 saturated heterocycles. The van der Waals surface area contributed by atoms with Crippen molar-refractivity contribution in [1.82, 2.24) is 0 Å². The van der Waals surface area contributed by atoms with Crippen LogP contribution in [0.1, 0.15) is 85.0 Å². The van der Waals surface area contributed by atoms with Gasteiger partial charge in [-0.15, -0.1) is 11.8 Å². The minimum atomic E-state index is 0.837. The van der Waals surface area contributed by atoms with Crippen molar-refractivity contribution >= 4 is 35.3 Å². The predicted molar refractivity (Wildman–Crippen MR) is 118 cm³/mol. The van der Waals surface area contributed by atoms with E-state index in [1.54, 1.807) is 0 Å². The van der Waals surface area contributed by atoms with Crippen LogP contribution in [0.4, 0.5) is 0 Å². The lowest BCUT2D eigenvalue weighted by atomic mass is 10.2. The molecule has 0 heterocycles. The smallest absolute Gasteiger partial charge is 0.0232 e. The first-order valence-corrected chi connectivity index (χ1v) is 13.1. The Morgan fingerprint density at radius 2 is 1.39 bits per heavy atom.